The molecule has 0 bridgehead atoms. The molecule has 0 aromatic rings. The van der Waals surface area contributed by atoms with Crippen LogP contribution in [0.3, 0.4) is 0 Å². The molecule has 6 heteroatoms. The quantitative estimate of drug-likeness (QED) is 0.670. The second-order valence-corrected chi connectivity index (χ2v) is 7.79. The molecule has 4 unspecified atom stereocenters. The normalized spacial score (nSPS) is 41.5. The van der Waals surface area contributed by atoms with Crippen LogP contribution in [0.2, 0.25) is 0 Å². The fourth-order valence-electron chi connectivity index (χ4n) is 4.00. The van der Waals surface area contributed by atoms with E-state index in [2.05, 4.69) is 11.8 Å². The minimum atomic E-state index is 0.126. The van der Waals surface area contributed by atoms with E-state index >= 15 is 0 Å². The molecule has 0 aromatic heterocycles. The highest BCUT2D eigenvalue weighted by Crippen LogP contribution is 2.68. The lowest BCUT2D eigenvalue weighted by Crippen LogP contribution is -2.53. The Balaban J connectivity index is 1.38. The molecule has 2 aliphatic heterocycles. The second kappa shape index (κ2) is 4.29. The van der Waals surface area contributed by atoms with Gasteiger partial charge in [0.2, 0.25) is 0 Å². The third-order valence-corrected chi connectivity index (χ3v) is 6.78. The van der Waals surface area contributed by atoms with Crippen LogP contribution in [0.15, 0.2) is 4.99 Å². The van der Waals surface area contributed by atoms with Crippen molar-refractivity contribution in [3.63, 3.8) is 0 Å². The number of hydrogen-bond acceptors (Lipinski definition) is 4. The summed E-state index contributed by atoms with van der Waals surface area (Å²) in [5.74, 6) is 2.64. The maximum Gasteiger partial charge on any atom is 0.319 e. The largest absolute Gasteiger partial charge is 0.348 e. The van der Waals surface area contributed by atoms with Crippen LogP contribution in [0.25, 0.3) is 0 Å². The number of aliphatic imine (C=N–C) groups is 1. The van der Waals surface area contributed by atoms with Gasteiger partial charge >= 0.3 is 6.03 Å². The van der Waals surface area contributed by atoms with E-state index in [1.807, 2.05) is 30.8 Å². The minimum Gasteiger partial charge on any atom is -0.348 e. The molecule has 2 aliphatic carbocycles. The molecule has 5 nitrogen and oxygen atoms in total. The average molecular weight is 294 g/mol. The van der Waals surface area contributed by atoms with Crippen molar-refractivity contribution in [1.82, 2.24) is 14.7 Å². The number of nitrogens with zero attached hydrogens (tertiary/aromatic N) is 4. The van der Waals surface area contributed by atoms with Crippen LogP contribution in [-0.2, 0) is 0 Å². The Labute approximate surface area is 124 Å². The van der Waals surface area contributed by atoms with Crippen LogP contribution in [-0.4, -0.2) is 77.5 Å². The number of fused-ring (bicyclic) bond motifs is 1. The van der Waals surface area contributed by atoms with Gasteiger partial charge in [-0.3, -0.25) is 4.99 Å². The minimum absolute atomic E-state index is 0.126. The first-order valence-corrected chi connectivity index (χ1v) is 8.41. The number of amides is 2. The Kier molecular flexibility index (Phi) is 2.75. The van der Waals surface area contributed by atoms with Crippen molar-refractivity contribution in [3.05, 3.63) is 0 Å². The molecule has 0 spiro atoms. The molecule has 4 rings (SSSR count). The van der Waals surface area contributed by atoms with Crippen molar-refractivity contribution in [3.8, 4) is 0 Å². The Morgan fingerprint density at radius 3 is 2.55 bits per heavy atom. The third kappa shape index (κ3) is 1.70. The standard InChI is InChI=1S/C14H22N4OS/c1-8-9-10-11(8)15-13(20-12(9)10)17-4-6-18(7-5-17)14(19)16(2)3/h8-12H,4-7H2,1-3H3/t8?,9?,10?,11-,12?/m0/s1. The smallest absolute Gasteiger partial charge is 0.319 e. The molecule has 2 saturated carbocycles. The molecular formula is C14H22N4OS. The Hall–Kier alpha value is -0.910. The van der Waals surface area contributed by atoms with Crippen molar-refractivity contribution in [2.75, 3.05) is 40.3 Å². The van der Waals surface area contributed by atoms with Gasteiger partial charge in [0.25, 0.3) is 0 Å². The molecule has 0 N–H and O–H groups in total. The van der Waals surface area contributed by atoms with E-state index in [0.29, 0.717) is 6.04 Å². The van der Waals surface area contributed by atoms with Gasteiger partial charge in [0.05, 0.1) is 6.04 Å². The lowest BCUT2D eigenvalue weighted by atomic mass is 9.82. The molecule has 110 valence electrons. The number of piperazine rings is 1. The first-order chi connectivity index (χ1) is 9.58. The van der Waals surface area contributed by atoms with Gasteiger partial charge in [-0.15, -0.1) is 0 Å². The fraction of sp³-hybridized carbons (Fsp3) is 0.857. The monoisotopic (exact) mass is 294 g/mol. The van der Waals surface area contributed by atoms with E-state index in [-0.39, 0.29) is 6.03 Å². The lowest BCUT2D eigenvalue weighted by molar-refractivity contribution is 0.147. The summed E-state index contributed by atoms with van der Waals surface area (Å²) in [6, 6.07) is 0.726. The molecule has 2 amide bonds. The van der Waals surface area contributed by atoms with Gasteiger partial charge in [-0.2, -0.15) is 0 Å². The van der Waals surface area contributed by atoms with Gasteiger partial charge in [0.15, 0.2) is 5.17 Å². The zero-order chi connectivity index (χ0) is 14.0. The molecule has 20 heavy (non-hydrogen) atoms. The summed E-state index contributed by atoms with van der Waals surface area (Å²) in [6.07, 6.45) is 0. The Morgan fingerprint density at radius 1 is 1.25 bits per heavy atom. The summed E-state index contributed by atoms with van der Waals surface area (Å²) in [5, 5.41) is 2.10. The van der Waals surface area contributed by atoms with Crippen LogP contribution in [0.5, 0.6) is 0 Å². The molecule has 2 heterocycles. The Morgan fingerprint density at radius 2 is 1.95 bits per heavy atom. The highest BCUT2D eigenvalue weighted by Gasteiger charge is 2.70. The zero-order valence-electron chi connectivity index (χ0n) is 12.3. The Bertz CT molecular complexity index is 466. The fourth-order valence-corrected chi connectivity index (χ4v) is 5.75. The molecule has 4 aliphatic rings. The van der Waals surface area contributed by atoms with Crippen molar-refractivity contribution >= 4 is 23.0 Å². The van der Waals surface area contributed by atoms with Crippen LogP contribution >= 0.6 is 11.8 Å². The van der Waals surface area contributed by atoms with Gasteiger partial charge in [0.1, 0.15) is 0 Å². The lowest BCUT2D eigenvalue weighted by Gasteiger charge is -2.39. The number of hydrogen-bond donors (Lipinski definition) is 0. The summed E-state index contributed by atoms with van der Waals surface area (Å²) in [7, 11) is 3.63. The highest BCUT2D eigenvalue weighted by atomic mass is 32.2. The molecule has 1 saturated heterocycles. The van der Waals surface area contributed by atoms with Gasteiger partial charge < -0.3 is 14.7 Å². The van der Waals surface area contributed by atoms with E-state index in [4.69, 9.17) is 4.99 Å². The van der Waals surface area contributed by atoms with Crippen LogP contribution in [0.1, 0.15) is 6.92 Å². The van der Waals surface area contributed by atoms with E-state index in [0.717, 1.165) is 49.2 Å². The van der Waals surface area contributed by atoms with Crippen molar-refractivity contribution < 1.29 is 4.79 Å². The first-order valence-electron chi connectivity index (χ1n) is 7.53. The van der Waals surface area contributed by atoms with Crippen molar-refractivity contribution in [2.45, 2.75) is 18.2 Å². The van der Waals surface area contributed by atoms with Crippen molar-refractivity contribution in [2.24, 2.45) is 22.7 Å². The van der Waals surface area contributed by atoms with E-state index in [9.17, 15) is 4.79 Å². The van der Waals surface area contributed by atoms with E-state index in [1.165, 1.54) is 5.17 Å². The molecule has 3 fully saturated rings. The number of carbonyl (C=O) groups excluding carboxylic acids is 1. The third-order valence-electron chi connectivity index (χ3n) is 5.31. The summed E-state index contributed by atoms with van der Waals surface area (Å²) in [4.78, 5) is 22.9. The number of thioether (sulfide) groups is 1. The maximum absolute atomic E-state index is 11.9. The van der Waals surface area contributed by atoms with Crippen LogP contribution in [0, 0.1) is 17.8 Å². The summed E-state index contributed by atoms with van der Waals surface area (Å²) in [6.45, 7) is 5.83. The van der Waals surface area contributed by atoms with Crippen molar-refractivity contribution in [1.29, 1.82) is 0 Å². The molecular weight excluding hydrogens is 272 g/mol. The highest BCUT2D eigenvalue weighted by molar-refractivity contribution is 8.14. The predicted octanol–water partition coefficient (Wildman–Crippen LogP) is 1.02. The summed E-state index contributed by atoms with van der Waals surface area (Å²) in [5.41, 5.74) is 0. The predicted molar refractivity (Wildman–Crippen MR) is 81.0 cm³/mol. The molecule has 0 radical (unpaired) electrons. The number of rotatable bonds is 0. The summed E-state index contributed by atoms with van der Waals surface area (Å²) >= 11 is 2.00. The van der Waals surface area contributed by atoms with Gasteiger partial charge in [0, 0.05) is 45.5 Å². The van der Waals surface area contributed by atoms with Gasteiger partial charge in [-0.25, -0.2) is 4.79 Å². The number of urea groups is 1. The zero-order valence-corrected chi connectivity index (χ0v) is 13.1. The SMILES string of the molecule is CC1C2C3SC(N4CCN(C(=O)N(C)C)CC4)=N[C@@H]1C32. The topological polar surface area (TPSA) is 39.1 Å². The summed E-state index contributed by atoms with van der Waals surface area (Å²) < 4.78 is 0. The molecule has 0 aromatic carbocycles. The van der Waals surface area contributed by atoms with Crippen LogP contribution in [0.4, 0.5) is 4.79 Å². The first kappa shape index (κ1) is 12.8. The van der Waals surface area contributed by atoms with Gasteiger partial charge in [-0.05, 0) is 17.8 Å². The average Bonchev–Trinajstić information content (AvgIpc) is 3.17. The van der Waals surface area contributed by atoms with E-state index in [1.54, 1.807) is 4.90 Å². The number of carbonyl (C=O) groups is 1. The number of amidine groups is 1. The molecule has 5 atom stereocenters. The second-order valence-electron chi connectivity index (χ2n) is 6.65. The van der Waals surface area contributed by atoms with E-state index < -0.39 is 0 Å². The van der Waals surface area contributed by atoms with Crippen LogP contribution < -0.4 is 0 Å². The maximum atomic E-state index is 11.9. The van der Waals surface area contributed by atoms with Gasteiger partial charge in [-0.1, -0.05) is 18.7 Å².